The molecule has 1 N–H and O–H groups in total. The minimum absolute atomic E-state index is 0.0586. The van der Waals surface area contributed by atoms with Crippen LogP contribution in [0.2, 0.25) is 0 Å². The first-order chi connectivity index (χ1) is 14.0. The van der Waals surface area contributed by atoms with Crippen LogP contribution in [0.1, 0.15) is 29.7 Å². The Morgan fingerprint density at radius 3 is 2.79 bits per heavy atom. The number of nitrogens with one attached hydrogen (secondary N) is 1. The lowest BCUT2D eigenvalue weighted by Crippen LogP contribution is -2.25. The molecule has 0 spiro atoms. The average molecular weight is 415 g/mol. The lowest BCUT2D eigenvalue weighted by atomic mass is 10.2. The van der Waals surface area contributed by atoms with Crippen LogP contribution in [0.4, 0.5) is 15.8 Å². The van der Waals surface area contributed by atoms with Gasteiger partial charge in [0.2, 0.25) is 5.91 Å². The summed E-state index contributed by atoms with van der Waals surface area (Å²) in [6.07, 6.45) is 3.66. The number of rotatable bonds is 5. The van der Waals surface area contributed by atoms with Gasteiger partial charge >= 0.3 is 0 Å². The predicted molar refractivity (Wildman–Crippen MR) is 114 cm³/mol. The summed E-state index contributed by atoms with van der Waals surface area (Å²) in [5, 5.41) is 3.32. The highest BCUT2D eigenvalue weighted by molar-refractivity contribution is 7.18. The number of nitrogens with zero attached hydrogens (tertiary/aromatic N) is 3. The van der Waals surface area contributed by atoms with Gasteiger partial charge in [-0.25, -0.2) is 9.37 Å². The highest BCUT2D eigenvalue weighted by Crippen LogP contribution is 2.31. The lowest BCUT2D eigenvalue weighted by molar-refractivity contribution is -0.116. The Kier molecular flexibility index (Phi) is 5.36. The van der Waals surface area contributed by atoms with Crippen LogP contribution in [0, 0.1) is 19.7 Å². The number of hydrogen-bond donors (Lipinski definition) is 1. The van der Waals surface area contributed by atoms with Gasteiger partial charge in [-0.2, -0.15) is 0 Å². The van der Waals surface area contributed by atoms with Crippen molar-refractivity contribution in [2.75, 3.05) is 23.3 Å². The van der Waals surface area contributed by atoms with Crippen molar-refractivity contribution in [3.63, 3.8) is 0 Å². The van der Waals surface area contributed by atoms with Gasteiger partial charge in [0.25, 0.3) is 5.56 Å². The van der Waals surface area contributed by atoms with E-state index in [1.165, 1.54) is 28.3 Å². The number of fused-ring (bicyclic) bond motifs is 1. The Bertz CT molecular complexity index is 1130. The molecule has 0 bridgehead atoms. The molecule has 29 heavy (non-hydrogen) atoms. The zero-order valence-electron chi connectivity index (χ0n) is 16.5. The van der Waals surface area contributed by atoms with Crippen molar-refractivity contribution < 1.29 is 9.18 Å². The maximum Gasteiger partial charge on any atom is 0.262 e. The van der Waals surface area contributed by atoms with Crippen LogP contribution in [0.25, 0.3) is 10.2 Å². The summed E-state index contributed by atoms with van der Waals surface area (Å²) in [7, 11) is 0. The SMILES string of the molecule is Cc1sc2ncn(CCC(=O)Nc3c(F)cccc3N3CCCC3)c(=O)c2c1C. The van der Waals surface area contributed by atoms with Crippen LogP contribution < -0.4 is 15.8 Å². The number of benzene rings is 1. The first-order valence-corrected chi connectivity index (χ1v) is 10.6. The molecule has 3 aromatic rings. The molecule has 2 aromatic heterocycles. The molecule has 8 heteroatoms. The Hall–Kier alpha value is -2.74. The molecule has 0 saturated carbocycles. The van der Waals surface area contributed by atoms with Gasteiger partial charge in [-0.15, -0.1) is 11.3 Å². The minimum atomic E-state index is -0.452. The van der Waals surface area contributed by atoms with E-state index in [1.807, 2.05) is 19.9 Å². The fourth-order valence-electron chi connectivity index (χ4n) is 3.71. The molecular formula is C21H23FN4O2S. The minimum Gasteiger partial charge on any atom is -0.370 e. The highest BCUT2D eigenvalue weighted by atomic mass is 32.1. The molecule has 1 aliphatic rings. The third-order valence-electron chi connectivity index (χ3n) is 5.44. The van der Waals surface area contributed by atoms with Gasteiger partial charge in [-0.1, -0.05) is 6.07 Å². The molecule has 0 unspecified atom stereocenters. The maximum atomic E-state index is 14.4. The molecule has 1 aromatic carbocycles. The second-order valence-corrected chi connectivity index (χ2v) is 8.54. The fourth-order valence-corrected chi connectivity index (χ4v) is 4.70. The number of para-hydroxylation sites is 1. The van der Waals surface area contributed by atoms with E-state index >= 15 is 0 Å². The molecule has 1 saturated heterocycles. The molecule has 1 amide bonds. The Labute approximate surface area is 172 Å². The smallest absolute Gasteiger partial charge is 0.262 e. The van der Waals surface area contributed by atoms with E-state index in [0.29, 0.717) is 15.9 Å². The van der Waals surface area contributed by atoms with Crippen molar-refractivity contribution in [2.24, 2.45) is 0 Å². The quantitative estimate of drug-likeness (QED) is 0.689. The monoisotopic (exact) mass is 414 g/mol. The van der Waals surface area contributed by atoms with Crippen molar-refractivity contribution in [3.8, 4) is 0 Å². The zero-order valence-corrected chi connectivity index (χ0v) is 17.3. The second kappa shape index (κ2) is 7.94. The standard InChI is InChI=1S/C21H23FN4O2S/c1-13-14(2)29-20-18(13)21(28)26(12-23-20)11-8-17(27)24-19-15(22)6-5-7-16(19)25-9-3-4-10-25/h5-7,12H,3-4,8-11H2,1-2H3,(H,24,27). The number of aryl methyl sites for hydroxylation is 3. The normalized spacial score (nSPS) is 14.0. The summed E-state index contributed by atoms with van der Waals surface area (Å²) in [5.41, 5.74) is 1.71. The van der Waals surface area contributed by atoms with Crippen LogP contribution >= 0.6 is 11.3 Å². The molecule has 3 heterocycles. The van der Waals surface area contributed by atoms with Gasteiger partial charge in [-0.3, -0.25) is 14.2 Å². The van der Waals surface area contributed by atoms with Crippen LogP contribution in [-0.2, 0) is 11.3 Å². The van der Waals surface area contributed by atoms with Gasteiger partial charge < -0.3 is 10.2 Å². The first kappa shape index (κ1) is 19.6. The predicted octanol–water partition coefficient (Wildman–Crippen LogP) is 3.84. The number of halogens is 1. The number of thiophene rings is 1. The average Bonchev–Trinajstić information content (AvgIpc) is 3.32. The molecule has 6 nitrogen and oxygen atoms in total. The molecular weight excluding hydrogens is 391 g/mol. The number of amides is 1. The van der Waals surface area contributed by atoms with Crippen molar-refractivity contribution in [2.45, 2.75) is 39.7 Å². The molecule has 0 atom stereocenters. The van der Waals surface area contributed by atoms with Crippen LogP contribution in [0.3, 0.4) is 0 Å². The van der Waals surface area contributed by atoms with Crippen LogP contribution in [-0.4, -0.2) is 28.5 Å². The second-order valence-electron chi connectivity index (χ2n) is 7.33. The van der Waals surface area contributed by atoms with E-state index in [2.05, 4.69) is 15.2 Å². The lowest BCUT2D eigenvalue weighted by Gasteiger charge is -2.22. The third-order valence-corrected chi connectivity index (χ3v) is 6.55. The Morgan fingerprint density at radius 2 is 2.03 bits per heavy atom. The summed E-state index contributed by atoms with van der Waals surface area (Å²) < 4.78 is 15.9. The van der Waals surface area contributed by atoms with Gasteiger partial charge in [0, 0.05) is 30.9 Å². The summed E-state index contributed by atoms with van der Waals surface area (Å²) in [6, 6.07) is 4.83. The zero-order chi connectivity index (χ0) is 20.5. The van der Waals surface area contributed by atoms with Crippen molar-refractivity contribution in [1.29, 1.82) is 0 Å². The topological polar surface area (TPSA) is 67.2 Å². The van der Waals surface area contributed by atoms with Crippen LogP contribution in [0.15, 0.2) is 29.3 Å². The Morgan fingerprint density at radius 1 is 1.28 bits per heavy atom. The van der Waals surface area contributed by atoms with Gasteiger partial charge in [0.15, 0.2) is 0 Å². The van der Waals surface area contributed by atoms with Gasteiger partial charge in [-0.05, 0) is 44.4 Å². The van der Waals surface area contributed by atoms with E-state index in [0.717, 1.165) is 36.4 Å². The van der Waals surface area contributed by atoms with E-state index in [1.54, 1.807) is 6.07 Å². The molecule has 0 radical (unpaired) electrons. The van der Waals surface area contributed by atoms with Gasteiger partial charge in [0.1, 0.15) is 16.3 Å². The van der Waals surface area contributed by atoms with Crippen molar-refractivity contribution >= 4 is 38.8 Å². The summed E-state index contributed by atoms with van der Waals surface area (Å²) in [5.74, 6) is -0.784. The molecule has 1 aliphatic heterocycles. The molecule has 4 rings (SSSR count). The highest BCUT2D eigenvalue weighted by Gasteiger charge is 2.20. The largest absolute Gasteiger partial charge is 0.370 e. The number of aromatic nitrogens is 2. The molecule has 1 fully saturated rings. The summed E-state index contributed by atoms with van der Waals surface area (Å²) >= 11 is 1.49. The van der Waals surface area contributed by atoms with Crippen LogP contribution in [0.5, 0.6) is 0 Å². The van der Waals surface area contributed by atoms with Crippen molar-refractivity contribution in [3.05, 3.63) is 51.1 Å². The summed E-state index contributed by atoms with van der Waals surface area (Å²) in [4.78, 5) is 33.5. The molecule has 0 aliphatic carbocycles. The fraction of sp³-hybridized carbons (Fsp3) is 0.381. The Balaban J connectivity index is 1.50. The number of anilines is 2. The van der Waals surface area contributed by atoms with E-state index < -0.39 is 5.82 Å². The molecule has 152 valence electrons. The van der Waals surface area contributed by atoms with E-state index in [4.69, 9.17) is 0 Å². The first-order valence-electron chi connectivity index (χ1n) is 9.74. The summed E-state index contributed by atoms with van der Waals surface area (Å²) in [6.45, 7) is 5.77. The third kappa shape index (κ3) is 3.76. The van der Waals surface area contributed by atoms with Crippen molar-refractivity contribution in [1.82, 2.24) is 9.55 Å². The maximum absolute atomic E-state index is 14.4. The van der Waals surface area contributed by atoms with Gasteiger partial charge in [0.05, 0.1) is 17.4 Å². The van der Waals surface area contributed by atoms with E-state index in [9.17, 15) is 14.0 Å². The number of carbonyl (C=O) groups is 1. The van der Waals surface area contributed by atoms with E-state index in [-0.39, 0.29) is 30.1 Å². The number of carbonyl (C=O) groups excluding carboxylic acids is 1. The number of hydrogen-bond acceptors (Lipinski definition) is 5.